The molecule has 3 nitrogen and oxygen atoms in total. The van der Waals surface area contributed by atoms with Crippen molar-refractivity contribution in [1.29, 1.82) is 0 Å². The van der Waals surface area contributed by atoms with Crippen molar-refractivity contribution >= 4 is 0 Å². The second-order valence-corrected chi connectivity index (χ2v) is 5.24. The molecular weight excluding hydrogens is 168 g/mol. The van der Waals surface area contributed by atoms with E-state index in [0.29, 0.717) is 0 Å². The molecule has 13 heavy (non-hydrogen) atoms. The first-order valence-corrected chi connectivity index (χ1v) is 4.95. The van der Waals surface area contributed by atoms with Crippen molar-refractivity contribution in [2.24, 2.45) is 5.41 Å². The van der Waals surface area contributed by atoms with Crippen LogP contribution in [0.25, 0.3) is 0 Å². The Hall–Kier alpha value is -0.120. The molecule has 0 aromatic rings. The van der Waals surface area contributed by atoms with Gasteiger partial charge in [-0.05, 0) is 38.5 Å². The zero-order valence-electron chi connectivity index (χ0n) is 8.85. The Morgan fingerprint density at radius 1 is 0.923 bits per heavy atom. The average molecular weight is 186 g/mol. The van der Waals surface area contributed by atoms with E-state index in [1.54, 1.807) is 0 Å². The first kappa shape index (κ1) is 9.44. The van der Waals surface area contributed by atoms with Crippen LogP contribution in [-0.4, -0.2) is 11.2 Å². The lowest BCUT2D eigenvalue weighted by Gasteiger charge is -2.49. The minimum absolute atomic E-state index is 0.108. The molecule has 2 atom stereocenters. The van der Waals surface area contributed by atoms with Gasteiger partial charge in [0.1, 0.15) is 11.2 Å². The molecule has 2 unspecified atom stereocenters. The zero-order chi connectivity index (χ0) is 9.74. The Morgan fingerprint density at radius 2 is 1.62 bits per heavy atom. The van der Waals surface area contributed by atoms with Gasteiger partial charge in [-0.1, -0.05) is 18.9 Å². The van der Waals surface area contributed by atoms with Crippen LogP contribution in [0.3, 0.4) is 0 Å². The largest absolute Gasteiger partial charge is 0.197 e. The van der Waals surface area contributed by atoms with Gasteiger partial charge in [-0.3, -0.25) is 0 Å². The third-order valence-electron chi connectivity index (χ3n) is 4.17. The second-order valence-electron chi connectivity index (χ2n) is 5.24. The van der Waals surface area contributed by atoms with Crippen LogP contribution >= 0.6 is 0 Å². The highest BCUT2D eigenvalue weighted by Gasteiger charge is 2.64. The molecule has 1 saturated carbocycles. The van der Waals surface area contributed by atoms with Crippen LogP contribution in [0.2, 0.25) is 0 Å². The lowest BCUT2D eigenvalue weighted by atomic mass is 9.59. The molecule has 0 aromatic heterocycles. The molecule has 0 radical (unpaired) electrons. The Balaban J connectivity index is 2.39. The predicted molar refractivity (Wildman–Crippen MR) is 47.7 cm³/mol. The highest BCUT2D eigenvalue weighted by molar-refractivity contribution is 5.08. The molecule has 76 valence electrons. The van der Waals surface area contributed by atoms with Crippen molar-refractivity contribution in [3.63, 3.8) is 0 Å². The molecule has 1 saturated heterocycles. The van der Waals surface area contributed by atoms with Crippen molar-refractivity contribution in [3.05, 3.63) is 0 Å². The normalized spacial score (nSPS) is 48.9. The fraction of sp³-hybridized carbons (Fsp3) is 1.00. The van der Waals surface area contributed by atoms with Gasteiger partial charge in [0.2, 0.25) is 0 Å². The molecular formula is C10H18O3. The first-order chi connectivity index (χ1) is 5.91. The zero-order valence-corrected chi connectivity index (χ0v) is 8.85. The van der Waals surface area contributed by atoms with E-state index >= 15 is 0 Å². The van der Waals surface area contributed by atoms with Crippen LogP contribution in [0.4, 0.5) is 0 Å². The summed E-state index contributed by atoms with van der Waals surface area (Å²) in [6, 6.07) is 0. The van der Waals surface area contributed by atoms with Crippen LogP contribution in [0.15, 0.2) is 0 Å². The minimum Gasteiger partial charge on any atom is -0.197 e. The summed E-state index contributed by atoms with van der Waals surface area (Å²) >= 11 is 0. The maximum Gasteiger partial charge on any atom is 0.141 e. The van der Waals surface area contributed by atoms with E-state index < -0.39 is 0 Å². The molecule has 0 aromatic carbocycles. The van der Waals surface area contributed by atoms with E-state index in [0.717, 1.165) is 12.8 Å². The van der Waals surface area contributed by atoms with Gasteiger partial charge in [-0.25, -0.2) is 0 Å². The van der Waals surface area contributed by atoms with Gasteiger partial charge >= 0.3 is 0 Å². The Labute approximate surface area is 79.2 Å². The van der Waals surface area contributed by atoms with Gasteiger partial charge in [0.25, 0.3) is 0 Å². The van der Waals surface area contributed by atoms with Crippen molar-refractivity contribution < 1.29 is 14.8 Å². The maximum atomic E-state index is 5.34. The van der Waals surface area contributed by atoms with Crippen molar-refractivity contribution in [2.75, 3.05) is 0 Å². The van der Waals surface area contributed by atoms with E-state index in [-0.39, 0.29) is 16.6 Å². The quantitative estimate of drug-likeness (QED) is 0.544. The SMILES string of the molecule is CC1(C)CCCC2(C)OOOC12C. The lowest BCUT2D eigenvalue weighted by molar-refractivity contribution is -0.482. The Bertz CT molecular complexity index is 226. The molecule has 0 N–H and O–H groups in total. The molecule has 0 bridgehead atoms. The molecule has 3 heteroatoms. The summed E-state index contributed by atoms with van der Waals surface area (Å²) < 4.78 is 0. The van der Waals surface area contributed by atoms with Crippen molar-refractivity contribution in [3.8, 4) is 0 Å². The molecule has 2 aliphatic rings. The fourth-order valence-corrected chi connectivity index (χ4v) is 2.54. The highest BCUT2D eigenvalue weighted by atomic mass is 17.5. The van der Waals surface area contributed by atoms with Gasteiger partial charge in [-0.2, -0.15) is 9.78 Å². The van der Waals surface area contributed by atoms with Crippen LogP contribution in [0.5, 0.6) is 0 Å². The van der Waals surface area contributed by atoms with E-state index in [9.17, 15) is 0 Å². The maximum absolute atomic E-state index is 5.34. The van der Waals surface area contributed by atoms with Gasteiger partial charge in [0, 0.05) is 0 Å². The lowest BCUT2D eigenvalue weighted by Crippen LogP contribution is -2.59. The van der Waals surface area contributed by atoms with Crippen LogP contribution in [0, 0.1) is 5.41 Å². The monoisotopic (exact) mass is 186 g/mol. The average Bonchev–Trinajstić information content (AvgIpc) is 2.29. The summed E-state index contributed by atoms with van der Waals surface area (Å²) in [5.74, 6) is 0. The first-order valence-electron chi connectivity index (χ1n) is 4.95. The molecule has 0 spiro atoms. The Kier molecular flexibility index (Phi) is 1.79. The summed E-state index contributed by atoms with van der Waals surface area (Å²) in [5.41, 5.74) is -0.497. The summed E-state index contributed by atoms with van der Waals surface area (Å²) in [7, 11) is 0. The van der Waals surface area contributed by atoms with E-state index in [1.807, 2.05) is 0 Å². The van der Waals surface area contributed by atoms with Crippen molar-refractivity contribution in [1.82, 2.24) is 0 Å². The van der Waals surface area contributed by atoms with Crippen LogP contribution in [-0.2, 0) is 14.8 Å². The van der Waals surface area contributed by atoms with E-state index in [1.165, 1.54) is 6.42 Å². The van der Waals surface area contributed by atoms with Crippen molar-refractivity contribution in [2.45, 2.75) is 58.2 Å². The van der Waals surface area contributed by atoms with Crippen LogP contribution < -0.4 is 0 Å². The summed E-state index contributed by atoms with van der Waals surface area (Å²) in [6.07, 6.45) is 3.34. The Morgan fingerprint density at radius 3 is 2.23 bits per heavy atom. The number of hydrogen-bond acceptors (Lipinski definition) is 3. The fourth-order valence-electron chi connectivity index (χ4n) is 2.54. The molecule has 1 aliphatic carbocycles. The smallest absolute Gasteiger partial charge is 0.141 e. The second kappa shape index (κ2) is 2.47. The number of fused-ring (bicyclic) bond motifs is 1. The van der Waals surface area contributed by atoms with Gasteiger partial charge in [0.05, 0.1) is 0 Å². The molecule has 1 heterocycles. The topological polar surface area (TPSA) is 27.7 Å². The standard InChI is InChI=1S/C10H18O3/c1-8(2)6-5-7-9(3)10(8,4)12-13-11-9/h5-7H2,1-4H3. The third-order valence-corrected chi connectivity index (χ3v) is 4.17. The minimum atomic E-state index is -0.321. The number of hydrogen-bond donors (Lipinski definition) is 0. The van der Waals surface area contributed by atoms with Gasteiger partial charge in [-0.15, -0.1) is 0 Å². The summed E-state index contributed by atoms with van der Waals surface area (Å²) in [6.45, 7) is 8.57. The predicted octanol–water partition coefficient (Wildman–Crippen LogP) is 2.61. The third kappa shape index (κ3) is 1.01. The molecule has 1 aliphatic heterocycles. The van der Waals surface area contributed by atoms with Gasteiger partial charge in [0.15, 0.2) is 0 Å². The highest BCUT2D eigenvalue weighted by Crippen LogP contribution is 2.55. The molecule has 2 rings (SSSR count). The molecule has 0 amide bonds. The summed E-state index contributed by atoms with van der Waals surface area (Å²) in [4.78, 5) is 10.6. The number of rotatable bonds is 0. The molecule has 2 fully saturated rings. The van der Waals surface area contributed by atoms with Gasteiger partial charge < -0.3 is 0 Å². The van der Waals surface area contributed by atoms with Crippen LogP contribution in [0.1, 0.15) is 47.0 Å². The van der Waals surface area contributed by atoms with E-state index in [4.69, 9.17) is 14.8 Å². The van der Waals surface area contributed by atoms with E-state index in [2.05, 4.69) is 27.7 Å². The summed E-state index contributed by atoms with van der Waals surface area (Å²) in [5, 5.41) is 4.73.